The minimum absolute atomic E-state index is 0.155. The zero-order valence-corrected chi connectivity index (χ0v) is 14.3. The Morgan fingerprint density at radius 3 is 2.45 bits per heavy atom. The molecule has 3 N–H and O–H groups in total. The standard InChI is InChI=1S/C17H33N3O2/c1-3-17(4-2,13-18)16(21)19-15-5-8-20(9-6-15)11-14-7-10-22-12-14/h14-15H,3-13,18H2,1-2H3,(H,19,21). The lowest BCUT2D eigenvalue weighted by Crippen LogP contribution is -2.52. The molecular weight excluding hydrogens is 278 g/mol. The molecule has 2 rings (SSSR count). The van der Waals surface area contributed by atoms with Crippen LogP contribution in [0.5, 0.6) is 0 Å². The molecule has 0 aromatic heterocycles. The largest absolute Gasteiger partial charge is 0.381 e. The molecule has 0 aliphatic carbocycles. The van der Waals surface area contributed by atoms with Crippen LogP contribution >= 0.6 is 0 Å². The Bertz CT molecular complexity index is 336. The Hall–Kier alpha value is -0.650. The molecule has 2 saturated heterocycles. The van der Waals surface area contributed by atoms with Crippen LogP contribution in [-0.4, -0.2) is 56.2 Å². The summed E-state index contributed by atoms with van der Waals surface area (Å²) < 4.78 is 5.45. The first kappa shape index (κ1) is 17.7. The van der Waals surface area contributed by atoms with Gasteiger partial charge in [-0.25, -0.2) is 0 Å². The molecule has 128 valence electrons. The fourth-order valence-electron chi connectivity index (χ4n) is 3.64. The van der Waals surface area contributed by atoms with Crippen LogP contribution in [0.25, 0.3) is 0 Å². The summed E-state index contributed by atoms with van der Waals surface area (Å²) in [5.74, 6) is 0.860. The predicted molar refractivity (Wildman–Crippen MR) is 88.6 cm³/mol. The van der Waals surface area contributed by atoms with Crippen molar-refractivity contribution in [3.63, 3.8) is 0 Å². The lowest BCUT2D eigenvalue weighted by Gasteiger charge is -2.36. The molecule has 2 aliphatic heterocycles. The zero-order chi connectivity index (χ0) is 16.0. The van der Waals surface area contributed by atoms with Crippen LogP contribution in [0.4, 0.5) is 0 Å². The molecule has 0 spiro atoms. The number of rotatable bonds is 7. The van der Waals surface area contributed by atoms with Gasteiger partial charge in [0.25, 0.3) is 0 Å². The number of nitrogens with zero attached hydrogens (tertiary/aromatic N) is 1. The summed E-state index contributed by atoms with van der Waals surface area (Å²) in [4.78, 5) is 15.1. The van der Waals surface area contributed by atoms with E-state index >= 15 is 0 Å². The van der Waals surface area contributed by atoms with Crippen molar-refractivity contribution < 1.29 is 9.53 Å². The molecule has 0 bridgehead atoms. The quantitative estimate of drug-likeness (QED) is 0.745. The molecule has 22 heavy (non-hydrogen) atoms. The first-order chi connectivity index (χ1) is 10.6. The Labute approximate surface area is 134 Å². The van der Waals surface area contributed by atoms with Gasteiger partial charge in [0.2, 0.25) is 5.91 Å². The summed E-state index contributed by atoms with van der Waals surface area (Å²) >= 11 is 0. The van der Waals surface area contributed by atoms with Crippen LogP contribution in [0, 0.1) is 11.3 Å². The molecule has 5 nitrogen and oxygen atoms in total. The fraction of sp³-hybridized carbons (Fsp3) is 0.941. The highest BCUT2D eigenvalue weighted by atomic mass is 16.5. The number of nitrogens with two attached hydrogens (primary N) is 1. The van der Waals surface area contributed by atoms with Crippen LogP contribution in [0.1, 0.15) is 46.0 Å². The van der Waals surface area contributed by atoms with E-state index in [0.717, 1.165) is 58.5 Å². The second-order valence-electron chi connectivity index (χ2n) is 6.97. The second kappa shape index (κ2) is 8.27. The van der Waals surface area contributed by atoms with Gasteiger partial charge in [0, 0.05) is 38.8 Å². The smallest absolute Gasteiger partial charge is 0.227 e. The molecule has 2 fully saturated rings. The number of hydrogen-bond donors (Lipinski definition) is 2. The first-order valence-electron chi connectivity index (χ1n) is 8.94. The van der Waals surface area contributed by atoms with E-state index in [2.05, 4.69) is 24.1 Å². The molecule has 1 atom stereocenters. The Morgan fingerprint density at radius 2 is 1.95 bits per heavy atom. The van der Waals surface area contributed by atoms with E-state index in [1.807, 2.05) is 0 Å². The van der Waals surface area contributed by atoms with E-state index in [0.29, 0.717) is 18.5 Å². The molecule has 2 heterocycles. The van der Waals surface area contributed by atoms with E-state index < -0.39 is 0 Å². The number of ether oxygens (including phenoxy) is 1. The molecule has 0 aromatic rings. The van der Waals surface area contributed by atoms with Gasteiger partial charge in [0.05, 0.1) is 12.0 Å². The second-order valence-corrected chi connectivity index (χ2v) is 6.97. The third-order valence-corrected chi connectivity index (χ3v) is 5.69. The van der Waals surface area contributed by atoms with Gasteiger partial charge in [-0.2, -0.15) is 0 Å². The number of hydrogen-bond acceptors (Lipinski definition) is 4. The maximum absolute atomic E-state index is 12.6. The predicted octanol–water partition coefficient (Wildman–Crippen LogP) is 1.37. The third kappa shape index (κ3) is 4.21. The highest BCUT2D eigenvalue weighted by Crippen LogP contribution is 2.26. The highest BCUT2D eigenvalue weighted by molar-refractivity contribution is 5.83. The zero-order valence-electron chi connectivity index (χ0n) is 14.3. The van der Waals surface area contributed by atoms with Crippen molar-refractivity contribution in [2.45, 2.75) is 52.0 Å². The van der Waals surface area contributed by atoms with Crippen molar-refractivity contribution >= 4 is 5.91 Å². The van der Waals surface area contributed by atoms with Crippen LogP contribution < -0.4 is 11.1 Å². The number of nitrogens with one attached hydrogen (secondary N) is 1. The van der Waals surface area contributed by atoms with E-state index in [1.165, 1.54) is 6.42 Å². The van der Waals surface area contributed by atoms with Gasteiger partial charge >= 0.3 is 0 Å². The summed E-state index contributed by atoms with van der Waals surface area (Å²) in [7, 11) is 0. The van der Waals surface area contributed by atoms with Crippen molar-refractivity contribution in [2.75, 3.05) is 39.4 Å². The van der Waals surface area contributed by atoms with Crippen molar-refractivity contribution in [2.24, 2.45) is 17.1 Å². The number of likely N-dealkylation sites (tertiary alicyclic amines) is 1. The summed E-state index contributed by atoms with van der Waals surface area (Å²) in [6, 6.07) is 0.313. The van der Waals surface area contributed by atoms with Crippen molar-refractivity contribution in [1.29, 1.82) is 0 Å². The fourth-order valence-corrected chi connectivity index (χ4v) is 3.64. The Kier molecular flexibility index (Phi) is 6.66. The average molecular weight is 311 g/mol. The average Bonchev–Trinajstić information content (AvgIpc) is 3.04. The summed E-state index contributed by atoms with van der Waals surface area (Å²) in [6.07, 6.45) is 4.92. The normalized spacial score (nSPS) is 24.6. The molecule has 2 aliphatic rings. The SMILES string of the molecule is CCC(CC)(CN)C(=O)NC1CCN(CC2CCOC2)CC1. The molecule has 0 aromatic carbocycles. The Balaban J connectivity index is 1.75. The minimum Gasteiger partial charge on any atom is -0.381 e. The van der Waals surface area contributed by atoms with Crippen molar-refractivity contribution in [3.05, 3.63) is 0 Å². The van der Waals surface area contributed by atoms with Gasteiger partial charge in [0.1, 0.15) is 0 Å². The monoisotopic (exact) mass is 311 g/mol. The van der Waals surface area contributed by atoms with Crippen LogP contribution in [-0.2, 0) is 9.53 Å². The number of piperidine rings is 1. The van der Waals surface area contributed by atoms with E-state index in [1.54, 1.807) is 0 Å². The van der Waals surface area contributed by atoms with Crippen molar-refractivity contribution in [1.82, 2.24) is 10.2 Å². The maximum Gasteiger partial charge on any atom is 0.227 e. The van der Waals surface area contributed by atoms with E-state index in [4.69, 9.17) is 10.5 Å². The highest BCUT2D eigenvalue weighted by Gasteiger charge is 2.35. The molecule has 0 saturated carbocycles. The molecule has 0 radical (unpaired) electrons. The van der Waals surface area contributed by atoms with Gasteiger partial charge in [-0.3, -0.25) is 4.79 Å². The summed E-state index contributed by atoms with van der Waals surface area (Å²) in [6.45, 7) is 9.70. The number of carbonyl (C=O) groups is 1. The topological polar surface area (TPSA) is 67.6 Å². The van der Waals surface area contributed by atoms with Gasteiger partial charge in [0.15, 0.2) is 0 Å². The Morgan fingerprint density at radius 1 is 1.27 bits per heavy atom. The van der Waals surface area contributed by atoms with Crippen LogP contribution in [0.15, 0.2) is 0 Å². The lowest BCUT2D eigenvalue weighted by molar-refractivity contribution is -0.132. The molecule has 5 heteroatoms. The lowest BCUT2D eigenvalue weighted by atomic mass is 9.81. The van der Waals surface area contributed by atoms with E-state index in [-0.39, 0.29) is 11.3 Å². The van der Waals surface area contributed by atoms with E-state index in [9.17, 15) is 4.79 Å². The molecule has 1 unspecified atom stereocenters. The summed E-state index contributed by atoms with van der Waals surface area (Å²) in [5.41, 5.74) is 5.49. The van der Waals surface area contributed by atoms with Gasteiger partial charge < -0.3 is 20.7 Å². The van der Waals surface area contributed by atoms with Crippen molar-refractivity contribution in [3.8, 4) is 0 Å². The first-order valence-corrected chi connectivity index (χ1v) is 8.94. The summed E-state index contributed by atoms with van der Waals surface area (Å²) in [5, 5.41) is 3.26. The number of amides is 1. The van der Waals surface area contributed by atoms with Gasteiger partial charge in [-0.05, 0) is 38.0 Å². The van der Waals surface area contributed by atoms with Gasteiger partial charge in [-0.15, -0.1) is 0 Å². The van der Waals surface area contributed by atoms with Crippen LogP contribution in [0.2, 0.25) is 0 Å². The van der Waals surface area contributed by atoms with Crippen LogP contribution in [0.3, 0.4) is 0 Å². The molecule has 1 amide bonds. The molecular formula is C17H33N3O2. The number of carbonyl (C=O) groups excluding carboxylic acids is 1. The minimum atomic E-state index is -0.377. The third-order valence-electron chi connectivity index (χ3n) is 5.69. The van der Waals surface area contributed by atoms with Gasteiger partial charge in [-0.1, -0.05) is 13.8 Å². The maximum atomic E-state index is 12.6.